The summed E-state index contributed by atoms with van der Waals surface area (Å²) in [6.07, 6.45) is 4.24. The van der Waals surface area contributed by atoms with E-state index in [9.17, 15) is 0 Å². The topological polar surface area (TPSA) is 6.48 Å². The lowest BCUT2D eigenvalue weighted by Crippen LogP contribution is -2.51. The molecule has 2 heterocycles. The fraction of sp³-hybridized carbons (Fsp3) is 1.00. The van der Waals surface area contributed by atoms with Crippen LogP contribution < -0.4 is 0 Å². The van der Waals surface area contributed by atoms with E-state index in [0.29, 0.717) is 21.9 Å². The van der Waals surface area contributed by atoms with Crippen LogP contribution in [-0.2, 0) is 0 Å². The predicted octanol–water partition coefficient (Wildman–Crippen LogP) is 8.36. The minimum absolute atomic E-state index is 0. The van der Waals surface area contributed by atoms with Crippen LogP contribution >= 0.6 is 0 Å². The van der Waals surface area contributed by atoms with Gasteiger partial charge in [0, 0.05) is 29.7 Å². The predicted molar refractivity (Wildman–Crippen MR) is 140 cm³/mol. The number of piperidine rings is 1. The third-order valence-electron chi connectivity index (χ3n) is 7.01. The molecule has 4 unspecified atom stereocenters. The van der Waals surface area contributed by atoms with E-state index in [0.717, 1.165) is 23.9 Å². The zero-order chi connectivity index (χ0) is 21.0. The molecule has 1 saturated carbocycles. The van der Waals surface area contributed by atoms with Gasteiger partial charge in [-0.25, -0.2) is 0 Å². The highest BCUT2D eigenvalue weighted by atomic mass is 15.3. The fourth-order valence-corrected chi connectivity index (χ4v) is 5.74. The van der Waals surface area contributed by atoms with Gasteiger partial charge in [-0.05, 0) is 90.0 Å². The molecule has 2 nitrogen and oxygen atoms in total. The van der Waals surface area contributed by atoms with Gasteiger partial charge in [-0.15, -0.1) is 0 Å². The number of nitrogens with zero attached hydrogens (tertiary/aromatic N) is 2. The quantitative estimate of drug-likeness (QED) is 0.384. The number of likely N-dealkylation sites (tertiary alicyclic amines) is 2. The summed E-state index contributed by atoms with van der Waals surface area (Å²) in [6, 6.07) is 1.58. The van der Waals surface area contributed by atoms with Crippen LogP contribution in [0.25, 0.3) is 0 Å². The lowest BCUT2D eigenvalue weighted by atomic mass is 9.82. The second-order valence-electron chi connectivity index (χ2n) is 13.7. The highest BCUT2D eigenvalue weighted by Crippen LogP contribution is 2.56. The Kier molecular flexibility index (Phi) is 11.0. The maximum absolute atomic E-state index is 2.74. The summed E-state index contributed by atoms with van der Waals surface area (Å²) in [5, 5.41) is 0. The Morgan fingerprint density at radius 1 is 0.633 bits per heavy atom. The van der Waals surface area contributed by atoms with Gasteiger partial charge in [-0.2, -0.15) is 0 Å². The van der Waals surface area contributed by atoms with Gasteiger partial charge in [-0.1, -0.05) is 63.8 Å². The molecule has 4 atom stereocenters. The van der Waals surface area contributed by atoms with E-state index < -0.39 is 0 Å². The highest BCUT2D eigenvalue weighted by molar-refractivity contribution is 5.10. The molecule has 1 aliphatic carbocycles. The van der Waals surface area contributed by atoms with Crippen molar-refractivity contribution in [2.45, 2.75) is 148 Å². The van der Waals surface area contributed by atoms with Crippen molar-refractivity contribution >= 4 is 0 Å². The molecule has 2 saturated heterocycles. The van der Waals surface area contributed by atoms with Gasteiger partial charge in [0.1, 0.15) is 0 Å². The average molecular weight is 427 g/mol. The molecule has 0 aromatic rings. The van der Waals surface area contributed by atoms with E-state index in [-0.39, 0.29) is 22.3 Å². The molecule has 3 fully saturated rings. The van der Waals surface area contributed by atoms with Crippen molar-refractivity contribution in [1.82, 2.24) is 9.80 Å². The number of hydrogen-bond acceptors (Lipinski definition) is 2. The Morgan fingerprint density at radius 3 is 1.40 bits per heavy atom. The SMILES string of the molecule is C.C.C.CC(C)(C)C1C2CC2CN1C(C)(C)C.CC(C)(C)C1CCCN1C(C)(C)C. The van der Waals surface area contributed by atoms with Crippen LogP contribution in [0.15, 0.2) is 0 Å². The number of hydrogen-bond donors (Lipinski definition) is 0. The number of rotatable bonds is 0. The molecule has 0 radical (unpaired) electrons. The first-order chi connectivity index (χ1) is 11.9. The molecule has 0 amide bonds. The van der Waals surface area contributed by atoms with Gasteiger partial charge < -0.3 is 0 Å². The van der Waals surface area contributed by atoms with E-state index in [2.05, 4.69) is 92.9 Å². The fourth-order valence-electron chi connectivity index (χ4n) is 5.74. The normalized spacial score (nSPS) is 29.6. The van der Waals surface area contributed by atoms with Crippen molar-refractivity contribution in [3.8, 4) is 0 Å². The Hall–Kier alpha value is -0.0800. The Morgan fingerprint density at radius 2 is 1.10 bits per heavy atom. The molecule has 3 aliphatic rings. The third-order valence-corrected chi connectivity index (χ3v) is 7.01. The summed E-state index contributed by atoms with van der Waals surface area (Å²) in [7, 11) is 0. The first kappa shape index (κ1) is 32.1. The van der Waals surface area contributed by atoms with Gasteiger partial charge in [0.15, 0.2) is 0 Å². The van der Waals surface area contributed by atoms with Crippen molar-refractivity contribution in [1.29, 1.82) is 0 Å². The summed E-state index contributed by atoms with van der Waals surface area (Å²) in [5.74, 6) is 2.03. The highest BCUT2D eigenvalue weighted by Gasteiger charge is 2.57. The Bertz CT molecular complexity index is 475. The maximum Gasteiger partial charge on any atom is 0.0180 e. The molecule has 0 aromatic heterocycles. The first-order valence-corrected chi connectivity index (χ1v) is 11.5. The lowest BCUT2D eigenvalue weighted by molar-refractivity contribution is 0.0375. The van der Waals surface area contributed by atoms with Crippen LogP contribution in [0, 0.1) is 22.7 Å². The van der Waals surface area contributed by atoms with Crippen LogP contribution in [0.4, 0.5) is 0 Å². The minimum Gasteiger partial charge on any atom is -0.295 e. The van der Waals surface area contributed by atoms with Crippen LogP contribution in [0.5, 0.6) is 0 Å². The standard InChI is InChI=1S/C13H25N.C12H25N.3CH4/c1-12(2,3)11-10-7-9(10)8-14(11)13(4,5)6;1-11(2,3)10-8-7-9-13(10)12(4,5)6;;;/h9-11H,7-8H2,1-6H3;10H,7-9H2,1-6H3;3*1H4. The molecule has 2 aliphatic heterocycles. The van der Waals surface area contributed by atoms with Crippen LogP contribution in [0.1, 0.15) is 125 Å². The van der Waals surface area contributed by atoms with Gasteiger partial charge in [0.05, 0.1) is 0 Å². The molecule has 0 N–H and O–H groups in total. The smallest absolute Gasteiger partial charge is 0.0180 e. The largest absolute Gasteiger partial charge is 0.295 e. The summed E-state index contributed by atoms with van der Waals surface area (Å²) in [5.41, 5.74) is 1.58. The minimum atomic E-state index is 0. The van der Waals surface area contributed by atoms with Gasteiger partial charge in [0.2, 0.25) is 0 Å². The molecule has 30 heavy (non-hydrogen) atoms. The van der Waals surface area contributed by atoms with Crippen molar-refractivity contribution < 1.29 is 0 Å². The molecular formula is C28H62N2. The van der Waals surface area contributed by atoms with E-state index in [4.69, 9.17) is 0 Å². The summed E-state index contributed by atoms with van der Waals surface area (Å²) in [4.78, 5) is 5.42. The van der Waals surface area contributed by atoms with Crippen LogP contribution in [0.3, 0.4) is 0 Å². The molecule has 2 heteroatoms. The Balaban J connectivity index is 0. The molecular weight excluding hydrogens is 364 g/mol. The molecule has 0 bridgehead atoms. The van der Waals surface area contributed by atoms with Crippen LogP contribution in [-0.4, -0.2) is 46.1 Å². The zero-order valence-electron chi connectivity index (χ0n) is 20.7. The van der Waals surface area contributed by atoms with E-state index in [1.165, 1.54) is 32.4 Å². The van der Waals surface area contributed by atoms with E-state index >= 15 is 0 Å². The van der Waals surface area contributed by atoms with Crippen molar-refractivity contribution in [3.05, 3.63) is 0 Å². The van der Waals surface area contributed by atoms with Gasteiger partial charge in [0.25, 0.3) is 0 Å². The summed E-state index contributed by atoms with van der Waals surface area (Å²) in [6.45, 7) is 31.0. The number of fused-ring (bicyclic) bond motifs is 1. The average Bonchev–Trinajstić information content (AvgIpc) is 2.88. The van der Waals surface area contributed by atoms with Gasteiger partial charge in [-0.3, -0.25) is 9.80 Å². The maximum atomic E-state index is 2.74. The van der Waals surface area contributed by atoms with E-state index in [1.807, 2.05) is 0 Å². The molecule has 0 spiro atoms. The summed E-state index contributed by atoms with van der Waals surface area (Å²) < 4.78 is 0. The molecule has 184 valence electrons. The van der Waals surface area contributed by atoms with Crippen molar-refractivity contribution in [2.24, 2.45) is 22.7 Å². The monoisotopic (exact) mass is 426 g/mol. The van der Waals surface area contributed by atoms with Crippen molar-refractivity contribution in [2.75, 3.05) is 13.1 Å². The van der Waals surface area contributed by atoms with Crippen molar-refractivity contribution in [3.63, 3.8) is 0 Å². The molecule has 0 aromatic carbocycles. The first-order valence-electron chi connectivity index (χ1n) is 11.5. The van der Waals surface area contributed by atoms with Crippen LogP contribution in [0.2, 0.25) is 0 Å². The lowest BCUT2D eigenvalue weighted by Gasteiger charge is -2.45. The second kappa shape index (κ2) is 10.2. The summed E-state index contributed by atoms with van der Waals surface area (Å²) >= 11 is 0. The Labute approximate surface area is 193 Å². The van der Waals surface area contributed by atoms with E-state index in [1.54, 1.807) is 0 Å². The van der Waals surface area contributed by atoms with Gasteiger partial charge >= 0.3 is 0 Å². The zero-order valence-corrected chi connectivity index (χ0v) is 20.7. The third kappa shape index (κ3) is 7.51. The second-order valence-corrected chi connectivity index (χ2v) is 13.7. The molecule has 3 rings (SSSR count).